The lowest BCUT2D eigenvalue weighted by molar-refractivity contribution is -0.126. The highest BCUT2D eigenvalue weighted by atomic mass is 19.1. The molecule has 3 heterocycles. The van der Waals surface area contributed by atoms with E-state index in [0.29, 0.717) is 31.1 Å². The fourth-order valence-electron chi connectivity index (χ4n) is 3.86. The van der Waals surface area contributed by atoms with Gasteiger partial charge in [0.05, 0.1) is 31.0 Å². The van der Waals surface area contributed by atoms with Crippen molar-refractivity contribution in [3.8, 4) is 5.75 Å². The van der Waals surface area contributed by atoms with E-state index < -0.39 is 0 Å². The molecule has 0 spiro atoms. The molecule has 2 aromatic rings. The zero-order valence-electron chi connectivity index (χ0n) is 13.9. The van der Waals surface area contributed by atoms with Gasteiger partial charge in [-0.15, -0.1) is 0 Å². The molecule has 0 saturated carbocycles. The third-order valence-corrected chi connectivity index (χ3v) is 5.00. The quantitative estimate of drug-likeness (QED) is 0.917. The van der Waals surface area contributed by atoms with Crippen molar-refractivity contribution < 1.29 is 13.9 Å². The molecule has 2 aliphatic heterocycles. The van der Waals surface area contributed by atoms with Gasteiger partial charge in [0.25, 0.3) is 0 Å². The molecule has 1 aromatic carbocycles. The Kier molecular flexibility index (Phi) is 4.09. The number of ether oxygens (including phenoxy) is 1. The van der Waals surface area contributed by atoms with Gasteiger partial charge in [0.15, 0.2) is 0 Å². The second-order valence-corrected chi connectivity index (χ2v) is 6.56. The number of hydrogen-bond donors (Lipinski definition) is 1. The minimum atomic E-state index is -0.285. The van der Waals surface area contributed by atoms with Crippen molar-refractivity contribution in [1.29, 1.82) is 0 Å². The lowest BCUT2D eigenvalue weighted by Gasteiger charge is -2.33. The van der Waals surface area contributed by atoms with E-state index in [-0.39, 0.29) is 29.6 Å². The average Bonchev–Trinajstić information content (AvgIpc) is 2.98. The molecule has 0 radical (unpaired) electrons. The van der Waals surface area contributed by atoms with Gasteiger partial charge in [-0.3, -0.25) is 19.7 Å². The molecular weight excluding hydrogens is 323 g/mol. The molecule has 0 unspecified atom stereocenters. The Morgan fingerprint density at radius 3 is 3.12 bits per heavy atom. The van der Waals surface area contributed by atoms with Crippen LogP contribution in [-0.2, 0) is 11.3 Å². The molecule has 4 rings (SSSR count). The number of aromatic nitrogens is 2. The van der Waals surface area contributed by atoms with Crippen LogP contribution in [0.4, 0.5) is 4.39 Å². The first-order chi connectivity index (χ1) is 12.1. The Morgan fingerprint density at radius 2 is 2.32 bits per heavy atom. The highest BCUT2D eigenvalue weighted by molar-refractivity contribution is 5.80. The third-order valence-electron chi connectivity index (χ3n) is 5.00. The first kappa shape index (κ1) is 16.0. The number of benzene rings is 1. The van der Waals surface area contributed by atoms with Gasteiger partial charge >= 0.3 is 0 Å². The summed E-state index contributed by atoms with van der Waals surface area (Å²) < 4.78 is 19.5. The fraction of sp³-hybridized carbons (Fsp3) is 0.389. The summed E-state index contributed by atoms with van der Waals surface area (Å²) in [7, 11) is 1.97. The van der Waals surface area contributed by atoms with Crippen molar-refractivity contribution in [2.45, 2.75) is 12.6 Å². The molecule has 6 nitrogen and oxygen atoms in total. The Bertz CT molecular complexity index is 786. The Labute approximate surface area is 145 Å². The van der Waals surface area contributed by atoms with Crippen molar-refractivity contribution in [3.05, 3.63) is 53.9 Å². The normalized spacial score (nSPS) is 25.0. The maximum absolute atomic E-state index is 13.7. The summed E-state index contributed by atoms with van der Waals surface area (Å²) in [5.74, 6) is 0.180. The predicted molar refractivity (Wildman–Crippen MR) is 88.1 cm³/mol. The van der Waals surface area contributed by atoms with E-state index in [9.17, 15) is 9.18 Å². The molecule has 1 saturated heterocycles. The van der Waals surface area contributed by atoms with E-state index in [0.717, 1.165) is 5.56 Å². The maximum atomic E-state index is 13.7. The van der Waals surface area contributed by atoms with Crippen molar-refractivity contribution >= 4 is 5.91 Å². The van der Waals surface area contributed by atoms with E-state index in [2.05, 4.69) is 20.2 Å². The molecule has 0 bridgehead atoms. The fourth-order valence-corrected chi connectivity index (χ4v) is 3.86. The molecule has 2 aliphatic rings. The first-order valence-electron chi connectivity index (χ1n) is 8.28. The minimum absolute atomic E-state index is 0.00107. The van der Waals surface area contributed by atoms with Gasteiger partial charge < -0.3 is 10.1 Å². The van der Waals surface area contributed by atoms with Crippen LogP contribution in [0, 0.1) is 17.7 Å². The Balaban J connectivity index is 1.50. The highest BCUT2D eigenvalue weighted by Gasteiger charge is 2.47. The van der Waals surface area contributed by atoms with E-state index in [1.807, 2.05) is 7.05 Å². The van der Waals surface area contributed by atoms with Gasteiger partial charge in [-0.05, 0) is 25.2 Å². The number of hydrogen-bond acceptors (Lipinski definition) is 5. The number of carbonyl (C=O) groups is 1. The third kappa shape index (κ3) is 2.95. The number of likely N-dealkylation sites (tertiary alicyclic amines) is 1. The molecule has 1 N–H and O–H groups in total. The van der Waals surface area contributed by atoms with Crippen LogP contribution in [0.25, 0.3) is 0 Å². The summed E-state index contributed by atoms with van der Waals surface area (Å²) in [6.07, 6.45) is 4.83. The maximum Gasteiger partial charge on any atom is 0.225 e. The molecule has 3 atom stereocenters. The number of fused-ring (bicyclic) bond motifs is 3. The standard InChI is InChI=1S/C18H19FN4O2/c1-23-9-14(18(24)22-8-12-7-20-4-5-21-12)15-10-25-16-3-2-11(19)6-13(16)17(15)23/h2-7,14-15,17H,8-10H2,1H3,(H,22,24)/t14-,15+,17+/m1/s1. The lowest BCUT2D eigenvalue weighted by atomic mass is 9.85. The first-order valence-corrected chi connectivity index (χ1v) is 8.28. The van der Waals surface area contributed by atoms with Crippen LogP contribution < -0.4 is 10.1 Å². The van der Waals surface area contributed by atoms with Gasteiger partial charge in [0.2, 0.25) is 5.91 Å². The van der Waals surface area contributed by atoms with E-state index in [4.69, 9.17) is 4.74 Å². The number of amides is 1. The Hall–Kier alpha value is -2.54. The zero-order valence-corrected chi connectivity index (χ0v) is 13.9. The van der Waals surface area contributed by atoms with Gasteiger partial charge in [0, 0.05) is 36.5 Å². The van der Waals surface area contributed by atoms with Crippen LogP contribution in [-0.4, -0.2) is 41.0 Å². The van der Waals surface area contributed by atoms with Crippen molar-refractivity contribution in [3.63, 3.8) is 0 Å². The van der Waals surface area contributed by atoms with Gasteiger partial charge in [-0.2, -0.15) is 0 Å². The summed E-state index contributed by atoms with van der Waals surface area (Å²) in [6, 6.07) is 4.57. The SMILES string of the molecule is CN1C[C@@H](C(=O)NCc2cnccn2)[C@@H]2COc3ccc(F)cc3[C@@H]21. The average molecular weight is 342 g/mol. The summed E-state index contributed by atoms with van der Waals surface area (Å²) in [6.45, 7) is 1.41. The highest BCUT2D eigenvalue weighted by Crippen LogP contribution is 2.46. The predicted octanol–water partition coefficient (Wildman–Crippen LogP) is 1.54. The molecule has 1 aromatic heterocycles. The number of nitrogens with zero attached hydrogens (tertiary/aromatic N) is 3. The van der Waals surface area contributed by atoms with Gasteiger partial charge in [0.1, 0.15) is 11.6 Å². The van der Waals surface area contributed by atoms with Crippen molar-refractivity contribution in [2.24, 2.45) is 11.8 Å². The summed E-state index contributed by atoms with van der Waals surface area (Å²) in [5.41, 5.74) is 1.54. The smallest absolute Gasteiger partial charge is 0.225 e. The number of rotatable bonds is 3. The minimum Gasteiger partial charge on any atom is -0.493 e. The van der Waals surface area contributed by atoms with E-state index in [1.54, 1.807) is 24.7 Å². The second-order valence-electron chi connectivity index (χ2n) is 6.56. The van der Waals surface area contributed by atoms with Crippen molar-refractivity contribution in [1.82, 2.24) is 20.2 Å². The summed E-state index contributed by atoms with van der Waals surface area (Å²) in [5, 5.41) is 2.93. The van der Waals surface area contributed by atoms with E-state index in [1.165, 1.54) is 12.1 Å². The number of nitrogens with one attached hydrogen (secondary N) is 1. The topological polar surface area (TPSA) is 67.4 Å². The summed E-state index contributed by atoms with van der Waals surface area (Å²) in [4.78, 5) is 22.9. The van der Waals surface area contributed by atoms with Crippen LogP contribution >= 0.6 is 0 Å². The van der Waals surface area contributed by atoms with Gasteiger partial charge in [-0.25, -0.2) is 4.39 Å². The van der Waals surface area contributed by atoms with E-state index >= 15 is 0 Å². The van der Waals surface area contributed by atoms with Gasteiger partial charge in [-0.1, -0.05) is 0 Å². The van der Waals surface area contributed by atoms with Crippen LogP contribution in [0.3, 0.4) is 0 Å². The monoisotopic (exact) mass is 342 g/mol. The summed E-state index contributed by atoms with van der Waals surface area (Å²) >= 11 is 0. The lowest BCUT2D eigenvalue weighted by Crippen LogP contribution is -2.38. The molecule has 7 heteroatoms. The number of halogens is 1. The van der Waals surface area contributed by atoms with Crippen LogP contribution in [0.1, 0.15) is 17.3 Å². The van der Waals surface area contributed by atoms with Crippen LogP contribution in [0.2, 0.25) is 0 Å². The molecule has 0 aliphatic carbocycles. The van der Waals surface area contributed by atoms with Crippen molar-refractivity contribution in [2.75, 3.05) is 20.2 Å². The molecule has 25 heavy (non-hydrogen) atoms. The Morgan fingerprint density at radius 1 is 1.44 bits per heavy atom. The largest absolute Gasteiger partial charge is 0.493 e. The zero-order chi connectivity index (χ0) is 17.4. The second kappa shape index (κ2) is 6.40. The van der Waals surface area contributed by atoms with Crippen LogP contribution in [0.15, 0.2) is 36.8 Å². The molecular formula is C18H19FN4O2. The molecule has 1 amide bonds. The number of carbonyl (C=O) groups excluding carboxylic acids is 1. The van der Waals surface area contributed by atoms with Crippen LogP contribution in [0.5, 0.6) is 5.75 Å². The molecule has 1 fully saturated rings. The molecule has 130 valence electrons.